The molecule has 5 heteroatoms. The van der Waals surface area contributed by atoms with Gasteiger partial charge >= 0.3 is 5.63 Å². The zero-order valence-corrected chi connectivity index (χ0v) is 15.6. The van der Waals surface area contributed by atoms with E-state index in [4.69, 9.17) is 4.42 Å². The first-order valence-corrected chi connectivity index (χ1v) is 9.63. The predicted molar refractivity (Wildman–Crippen MR) is 111 cm³/mol. The maximum atomic E-state index is 13.1. The van der Waals surface area contributed by atoms with E-state index in [0.717, 1.165) is 42.6 Å². The highest BCUT2D eigenvalue weighted by molar-refractivity contribution is 5.90. The van der Waals surface area contributed by atoms with Crippen molar-refractivity contribution in [2.45, 2.75) is 18.9 Å². The third-order valence-electron chi connectivity index (χ3n) is 5.17. The van der Waals surface area contributed by atoms with Gasteiger partial charge in [-0.2, -0.15) is 0 Å². The van der Waals surface area contributed by atoms with E-state index < -0.39 is 0 Å². The van der Waals surface area contributed by atoms with Gasteiger partial charge in [-0.25, -0.2) is 9.18 Å². The van der Waals surface area contributed by atoms with Crippen LogP contribution in [0.15, 0.2) is 69.9 Å². The molecule has 28 heavy (non-hydrogen) atoms. The monoisotopic (exact) mass is 378 g/mol. The van der Waals surface area contributed by atoms with Gasteiger partial charge in [0.15, 0.2) is 0 Å². The van der Waals surface area contributed by atoms with E-state index >= 15 is 0 Å². The van der Waals surface area contributed by atoms with Crippen LogP contribution in [0.1, 0.15) is 18.4 Å². The second-order valence-corrected chi connectivity index (χ2v) is 7.03. The Morgan fingerprint density at radius 3 is 2.64 bits per heavy atom. The molecule has 1 fully saturated rings. The quantitative estimate of drug-likeness (QED) is 0.676. The Balaban J connectivity index is 1.68. The standard InChI is InChI=1S/C23H23FN2O2/c24-18-9-7-17(8-10-18)4-3-15-26(19-11-13-25-14-12-19)21-16-23(27)28-22-6-2-1-5-20(21)22/h1-10,16,19,25H,11-15H2/b4-3+. The topological polar surface area (TPSA) is 45.5 Å². The first-order chi connectivity index (χ1) is 13.7. The van der Waals surface area contributed by atoms with Gasteiger partial charge in [-0.15, -0.1) is 0 Å². The SMILES string of the molecule is O=c1cc(N(C/C=C/c2ccc(F)cc2)C2CCNCC2)c2ccccc2o1. The summed E-state index contributed by atoms with van der Waals surface area (Å²) < 4.78 is 18.5. The molecule has 0 amide bonds. The second-order valence-electron chi connectivity index (χ2n) is 7.03. The molecule has 1 aromatic heterocycles. The van der Waals surface area contributed by atoms with E-state index in [0.29, 0.717) is 18.2 Å². The Labute approximate surface area is 163 Å². The number of hydrogen-bond donors (Lipinski definition) is 1. The van der Waals surface area contributed by atoms with Crippen LogP contribution in [0.5, 0.6) is 0 Å². The zero-order valence-electron chi connectivity index (χ0n) is 15.6. The van der Waals surface area contributed by atoms with E-state index in [1.165, 1.54) is 12.1 Å². The minimum absolute atomic E-state index is 0.240. The highest BCUT2D eigenvalue weighted by Crippen LogP contribution is 2.29. The number of rotatable bonds is 5. The Bertz CT molecular complexity index is 1020. The van der Waals surface area contributed by atoms with Crippen LogP contribution >= 0.6 is 0 Å². The van der Waals surface area contributed by atoms with Crippen molar-refractivity contribution in [1.82, 2.24) is 5.32 Å². The average molecular weight is 378 g/mol. The zero-order chi connectivity index (χ0) is 19.3. The molecule has 2 heterocycles. The van der Waals surface area contributed by atoms with Crippen molar-refractivity contribution >= 4 is 22.7 Å². The summed E-state index contributed by atoms with van der Waals surface area (Å²) in [5, 5.41) is 4.34. The first kappa shape index (κ1) is 18.4. The van der Waals surface area contributed by atoms with E-state index in [1.807, 2.05) is 30.3 Å². The van der Waals surface area contributed by atoms with Crippen molar-refractivity contribution in [2.24, 2.45) is 0 Å². The molecular formula is C23H23FN2O2. The van der Waals surface area contributed by atoms with Crippen LogP contribution in [0.4, 0.5) is 10.1 Å². The lowest BCUT2D eigenvalue weighted by atomic mass is 10.0. The number of anilines is 1. The minimum atomic E-state index is -0.338. The normalized spacial score (nSPS) is 15.3. The number of para-hydroxylation sites is 1. The third-order valence-corrected chi connectivity index (χ3v) is 5.17. The van der Waals surface area contributed by atoms with E-state index in [9.17, 15) is 9.18 Å². The van der Waals surface area contributed by atoms with Gasteiger partial charge in [-0.05, 0) is 55.8 Å². The highest BCUT2D eigenvalue weighted by Gasteiger charge is 2.22. The number of halogens is 1. The Kier molecular flexibility index (Phi) is 5.53. The third kappa shape index (κ3) is 4.15. The van der Waals surface area contributed by atoms with Crippen molar-refractivity contribution in [3.8, 4) is 0 Å². The Hall–Kier alpha value is -2.92. The van der Waals surface area contributed by atoms with Gasteiger partial charge in [0.1, 0.15) is 11.4 Å². The number of nitrogens with one attached hydrogen (secondary N) is 1. The summed E-state index contributed by atoms with van der Waals surface area (Å²) in [7, 11) is 0. The molecule has 0 saturated carbocycles. The number of benzene rings is 2. The number of piperidine rings is 1. The van der Waals surface area contributed by atoms with Gasteiger partial charge in [0.05, 0.1) is 5.69 Å². The fourth-order valence-electron chi connectivity index (χ4n) is 3.77. The fraction of sp³-hybridized carbons (Fsp3) is 0.261. The number of nitrogens with zero attached hydrogens (tertiary/aromatic N) is 1. The highest BCUT2D eigenvalue weighted by atomic mass is 19.1. The van der Waals surface area contributed by atoms with Crippen LogP contribution in [0.25, 0.3) is 17.0 Å². The maximum Gasteiger partial charge on any atom is 0.338 e. The lowest BCUT2D eigenvalue weighted by molar-refractivity contribution is 0.437. The molecule has 4 rings (SSSR count). The molecule has 0 aliphatic carbocycles. The Morgan fingerprint density at radius 2 is 1.86 bits per heavy atom. The lowest BCUT2D eigenvalue weighted by Gasteiger charge is -2.36. The predicted octanol–water partition coefficient (Wildman–Crippen LogP) is 4.20. The summed E-state index contributed by atoms with van der Waals surface area (Å²) in [6.45, 7) is 2.58. The fourth-order valence-corrected chi connectivity index (χ4v) is 3.77. The molecule has 0 bridgehead atoms. The number of fused-ring (bicyclic) bond motifs is 1. The van der Waals surface area contributed by atoms with Crippen molar-refractivity contribution in [2.75, 3.05) is 24.5 Å². The molecule has 4 nitrogen and oxygen atoms in total. The molecule has 1 aliphatic rings. The van der Waals surface area contributed by atoms with Crippen LogP contribution in [0.3, 0.4) is 0 Å². The largest absolute Gasteiger partial charge is 0.423 e. The minimum Gasteiger partial charge on any atom is -0.423 e. The van der Waals surface area contributed by atoms with Crippen molar-refractivity contribution in [3.63, 3.8) is 0 Å². The smallest absolute Gasteiger partial charge is 0.338 e. The molecule has 1 aliphatic heterocycles. The summed E-state index contributed by atoms with van der Waals surface area (Å²) >= 11 is 0. The molecule has 0 radical (unpaired) electrons. The van der Waals surface area contributed by atoms with E-state index in [2.05, 4.69) is 16.3 Å². The van der Waals surface area contributed by atoms with Crippen LogP contribution in [0, 0.1) is 5.82 Å². The summed E-state index contributed by atoms with van der Waals surface area (Å²) in [6, 6.07) is 16.0. The molecule has 0 spiro atoms. The Morgan fingerprint density at radius 1 is 1.11 bits per heavy atom. The average Bonchev–Trinajstić information content (AvgIpc) is 2.73. The molecule has 1 saturated heterocycles. The van der Waals surface area contributed by atoms with Crippen LogP contribution in [0.2, 0.25) is 0 Å². The molecular weight excluding hydrogens is 355 g/mol. The van der Waals surface area contributed by atoms with Crippen molar-refractivity contribution in [1.29, 1.82) is 0 Å². The van der Waals surface area contributed by atoms with Gasteiger partial charge in [-0.3, -0.25) is 0 Å². The molecule has 144 valence electrons. The second kappa shape index (κ2) is 8.40. The van der Waals surface area contributed by atoms with E-state index in [-0.39, 0.29) is 11.4 Å². The van der Waals surface area contributed by atoms with Crippen molar-refractivity contribution < 1.29 is 8.81 Å². The molecule has 2 aromatic carbocycles. The maximum absolute atomic E-state index is 13.1. The summed E-state index contributed by atoms with van der Waals surface area (Å²) in [6.07, 6.45) is 6.08. The van der Waals surface area contributed by atoms with Crippen LogP contribution < -0.4 is 15.8 Å². The lowest BCUT2D eigenvalue weighted by Crippen LogP contribution is -2.43. The molecule has 1 N–H and O–H groups in total. The molecule has 0 unspecified atom stereocenters. The van der Waals surface area contributed by atoms with Gasteiger partial charge in [0.25, 0.3) is 0 Å². The van der Waals surface area contributed by atoms with Gasteiger partial charge in [-0.1, -0.05) is 36.4 Å². The van der Waals surface area contributed by atoms with Gasteiger partial charge in [0.2, 0.25) is 0 Å². The van der Waals surface area contributed by atoms with E-state index in [1.54, 1.807) is 18.2 Å². The summed E-state index contributed by atoms with van der Waals surface area (Å²) in [5.74, 6) is -0.240. The van der Waals surface area contributed by atoms with Gasteiger partial charge in [0, 0.05) is 24.0 Å². The molecule has 0 atom stereocenters. The number of hydrogen-bond acceptors (Lipinski definition) is 4. The summed E-state index contributed by atoms with van der Waals surface area (Å²) in [5.41, 5.74) is 2.12. The summed E-state index contributed by atoms with van der Waals surface area (Å²) in [4.78, 5) is 14.5. The van der Waals surface area contributed by atoms with Crippen molar-refractivity contribution in [3.05, 3.63) is 82.5 Å². The van der Waals surface area contributed by atoms with Crippen LogP contribution in [-0.2, 0) is 0 Å². The molecule has 3 aromatic rings. The van der Waals surface area contributed by atoms with Crippen LogP contribution in [-0.4, -0.2) is 25.7 Å². The first-order valence-electron chi connectivity index (χ1n) is 9.63. The van der Waals surface area contributed by atoms with Gasteiger partial charge < -0.3 is 14.6 Å².